The zero-order valence-corrected chi connectivity index (χ0v) is 16.7. The number of hydrogen-bond donors (Lipinski definition) is 1. The Bertz CT molecular complexity index is 972. The van der Waals surface area contributed by atoms with Gasteiger partial charge in [-0.15, -0.1) is 0 Å². The largest absolute Gasteiger partial charge is 0.497 e. The van der Waals surface area contributed by atoms with Crippen LogP contribution in [0.4, 0.5) is 0 Å². The Hall–Kier alpha value is -3.48. The SMILES string of the molecule is COc1ccc(CNC(=O)COC(=O)c2cc(C)n(Cc3ccco3)c2C)cc1. The quantitative estimate of drug-likeness (QED) is 0.591. The van der Waals surface area contributed by atoms with Crippen molar-refractivity contribution >= 4 is 11.9 Å². The average molecular weight is 396 g/mol. The fraction of sp³-hybridized carbons (Fsp3) is 0.273. The van der Waals surface area contributed by atoms with Gasteiger partial charge in [0.15, 0.2) is 6.61 Å². The number of benzene rings is 1. The third-order valence-corrected chi connectivity index (χ3v) is 4.67. The van der Waals surface area contributed by atoms with Gasteiger partial charge in [0.2, 0.25) is 0 Å². The van der Waals surface area contributed by atoms with Gasteiger partial charge in [0.05, 0.1) is 25.5 Å². The first kappa shape index (κ1) is 20.3. The number of nitrogens with zero attached hydrogens (tertiary/aromatic N) is 1. The van der Waals surface area contributed by atoms with Crippen molar-refractivity contribution in [3.8, 4) is 5.75 Å². The van der Waals surface area contributed by atoms with E-state index in [1.165, 1.54) is 0 Å². The van der Waals surface area contributed by atoms with Crippen LogP contribution in [-0.4, -0.2) is 30.2 Å². The van der Waals surface area contributed by atoms with E-state index >= 15 is 0 Å². The molecule has 0 spiro atoms. The van der Waals surface area contributed by atoms with Crippen molar-refractivity contribution in [1.82, 2.24) is 9.88 Å². The van der Waals surface area contributed by atoms with Gasteiger partial charge in [-0.25, -0.2) is 4.79 Å². The summed E-state index contributed by atoms with van der Waals surface area (Å²) in [5, 5.41) is 2.73. The van der Waals surface area contributed by atoms with Gasteiger partial charge in [-0.2, -0.15) is 0 Å². The molecule has 7 nitrogen and oxygen atoms in total. The Morgan fingerprint density at radius 3 is 2.55 bits per heavy atom. The number of nitrogens with one attached hydrogen (secondary N) is 1. The number of rotatable bonds is 8. The molecule has 0 saturated heterocycles. The maximum Gasteiger partial charge on any atom is 0.340 e. The average Bonchev–Trinajstić information content (AvgIpc) is 3.34. The van der Waals surface area contributed by atoms with Crippen LogP contribution < -0.4 is 10.1 Å². The van der Waals surface area contributed by atoms with Crippen LogP contribution in [0.15, 0.2) is 53.1 Å². The summed E-state index contributed by atoms with van der Waals surface area (Å²) in [5.74, 6) is 0.658. The zero-order valence-electron chi connectivity index (χ0n) is 16.7. The van der Waals surface area contributed by atoms with E-state index in [1.54, 1.807) is 19.4 Å². The molecule has 2 heterocycles. The normalized spacial score (nSPS) is 10.6. The summed E-state index contributed by atoms with van der Waals surface area (Å²) in [7, 11) is 1.60. The molecule has 0 aliphatic rings. The van der Waals surface area contributed by atoms with Crippen molar-refractivity contribution in [3.05, 3.63) is 77.0 Å². The number of amides is 1. The van der Waals surface area contributed by atoms with Crippen molar-refractivity contribution < 1.29 is 23.5 Å². The molecule has 1 aromatic carbocycles. The van der Waals surface area contributed by atoms with E-state index in [0.29, 0.717) is 18.7 Å². The lowest BCUT2D eigenvalue weighted by molar-refractivity contribution is -0.124. The summed E-state index contributed by atoms with van der Waals surface area (Å²) in [6.45, 7) is 4.29. The molecule has 7 heteroatoms. The van der Waals surface area contributed by atoms with E-state index in [4.69, 9.17) is 13.9 Å². The maximum absolute atomic E-state index is 12.4. The molecule has 0 saturated carbocycles. The highest BCUT2D eigenvalue weighted by molar-refractivity contribution is 5.92. The summed E-state index contributed by atoms with van der Waals surface area (Å²) in [5.41, 5.74) is 3.04. The van der Waals surface area contributed by atoms with Gasteiger partial charge in [-0.05, 0) is 49.7 Å². The summed E-state index contributed by atoms with van der Waals surface area (Å²) in [6, 6.07) is 12.8. The van der Waals surface area contributed by atoms with Crippen molar-refractivity contribution in [3.63, 3.8) is 0 Å². The molecule has 0 atom stereocenters. The first-order chi connectivity index (χ1) is 14.0. The molecular weight excluding hydrogens is 372 g/mol. The molecule has 152 valence electrons. The second-order valence-electron chi connectivity index (χ2n) is 6.65. The molecule has 0 aliphatic carbocycles. The van der Waals surface area contributed by atoms with E-state index in [0.717, 1.165) is 28.5 Å². The van der Waals surface area contributed by atoms with E-state index in [9.17, 15) is 9.59 Å². The number of ether oxygens (including phenoxy) is 2. The number of carbonyl (C=O) groups excluding carboxylic acids is 2. The van der Waals surface area contributed by atoms with Crippen LogP contribution in [0.25, 0.3) is 0 Å². The standard InChI is InChI=1S/C22H24N2O5/c1-15-11-20(16(2)24(15)13-19-5-4-10-28-19)22(26)29-14-21(25)23-12-17-6-8-18(27-3)9-7-17/h4-11H,12-14H2,1-3H3,(H,23,25). The van der Waals surface area contributed by atoms with Crippen molar-refractivity contribution in [2.45, 2.75) is 26.9 Å². The highest BCUT2D eigenvalue weighted by atomic mass is 16.5. The molecule has 3 aromatic rings. The van der Waals surface area contributed by atoms with Gasteiger partial charge in [0.25, 0.3) is 5.91 Å². The molecule has 0 aliphatic heterocycles. The van der Waals surface area contributed by atoms with Crippen LogP contribution in [0.3, 0.4) is 0 Å². The highest BCUT2D eigenvalue weighted by Gasteiger charge is 2.18. The number of aryl methyl sites for hydroxylation is 1. The minimum Gasteiger partial charge on any atom is -0.497 e. The number of aromatic nitrogens is 1. The monoisotopic (exact) mass is 396 g/mol. The lowest BCUT2D eigenvalue weighted by Crippen LogP contribution is -2.28. The van der Waals surface area contributed by atoms with Crippen LogP contribution in [0.1, 0.15) is 33.1 Å². The summed E-state index contributed by atoms with van der Waals surface area (Å²) >= 11 is 0. The van der Waals surface area contributed by atoms with Crippen LogP contribution in [0.5, 0.6) is 5.75 Å². The third-order valence-electron chi connectivity index (χ3n) is 4.67. The van der Waals surface area contributed by atoms with Crippen LogP contribution >= 0.6 is 0 Å². The fourth-order valence-corrected chi connectivity index (χ4v) is 3.01. The molecule has 1 amide bonds. The number of furan rings is 1. The van der Waals surface area contributed by atoms with E-state index in [-0.39, 0.29) is 12.5 Å². The molecule has 0 radical (unpaired) electrons. The number of esters is 1. The summed E-state index contributed by atoms with van der Waals surface area (Å²) < 4.78 is 17.6. The van der Waals surface area contributed by atoms with Gasteiger partial charge in [-0.3, -0.25) is 4.79 Å². The lowest BCUT2D eigenvalue weighted by Gasteiger charge is -2.09. The van der Waals surface area contributed by atoms with E-state index < -0.39 is 5.97 Å². The first-order valence-corrected chi connectivity index (χ1v) is 9.23. The number of carbonyl (C=O) groups is 2. The fourth-order valence-electron chi connectivity index (χ4n) is 3.01. The van der Waals surface area contributed by atoms with Crippen molar-refractivity contribution in [2.24, 2.45) is 0 Å². The molecule has 0 bridgehead atoms. The predicted octanol–water partition coefficient (Wildman–Crippen LogP) is 3.23. The molecule has 2 aromatic heterocycles. The van der Waals surface area contributed by atoms with E-state index in [1.807, 2.05) is 54.8 Å². The van der Waals surface area contributed by atoms with Crippen LogP contribution in [0.2, 0.25) is 0 Å². The third kappa shape index (κ3) is 5.07. The summed E-state index contributed by atoms with van der Waals surface area (Å²) in [4.78, 5) is 24.4. The molecule has 3 rings (SSSR count). The minimum absolute atomic E-state index is 0.336. The number of hydrogen-bond acceptors (Lipinski definition) is 5. The van der Waals surface area contributed by atoms with Crippen LogP contribution in [-0.2, 0) is 22.6 Å². The zero-order chi connectivity index (χ0) is 20.8. The molecule has 0 fully saturated rings. The van der Waals surface area contributed by atoms with Gasteiger partial charge in [0.1, 0.15) is 11.5 Å². The second-order valence-corrected chi connectivity index (χ2v) is 6.65. The van der Waals surface area contributed by atoms with Gasteiger partial charge < -0.3 is 23.8 Å². The van der Waals surface area contributed by atoms with Crippen molar-refractivity contribution in [2.75, 3.05) is 13.7 Å². The molecule has 29 heavy (non-hydrogen) atoms. The first-order valence-electron chi connectivity index (χ1n) is 9.23. The molecular formula is C22H24N2O5. The van der Waals surface area contributed by atoms with Gasteiger partial charge in [-0.1, -0.05) is 12.1 Å². The Morgan fingerprint density at radius 2 is 1.90 bits per heavy atom. The lowest BCUT2D eigenvalue weighted by atomic mass is 10.2. The summed E-state index contributed by atoms with van der Waals surface area (Å²) in [6.07, 6.45) is 1.61. The van der Waals surface area contributed by atoms with Gasteiger partial charge in [0, 0.05) is 17.9 Å². The van der Waals surface area contributed by atoms with Crippen molar-refractivity contribution in [1.29, 1.82) is 0 Å². The Balaban J connectivity index is 1.52. The van der Waals surface area contributed by atoms with E-state index in [2.05, 4.69) is 5.32 Å². The molecule has 1 N–H and O–H groups in total. The van der Waals surface area contributed by atoms with Crippen LogP contribution in [0, 0.1) is 13.8 Å². The Kier molecular flexibility index (Phi) is 6.39. The Labute approximate surface area is 169 Å². The van der Waals surface area contributed by atoms with Gasteiger partial charge >= 0.3 is 5.97 Å². The smallest absolute Gasteiger partial charge is 0.340 e. The number of methoxy groups -OCH3 is 1. The molecule has 0 unspecified atom stereocenters. The minimum atomic E-state index is -0.525. The second kappa shape index (κ2) is 9.14. The highest BCUT2D eigenvalue weighted by Crippen LogP contribution is 2.18. The Morgan fingerprint density at radius 1 is 1.14 bits per heavy atom. The topological polar surface area (TPSA) is 82.7 Å². The maximum atomic E-state index is 12.4. The predicted molar refractivity (Wildman–Crippen MR) is 107 cm³/mol.